The zero-order valence-electron chi connectivity index (χ0n) is 12.3. The first-order chi connectivity index (χ1) is 8.60. The number of anilines is 1. The predicted octanol–water partition coefficient (Wildman–Crippen LogP) is 4.79. The van der Waals surface area contributed by atoms with E-state index in [1.165, 1.54) is 36.1 Å². The number of rotatable bonds is 3. The Kier molecular flexibility index (Phi) is 4.31. The van der Waals surface area contributed by atoms with Crippen LogP contribution in [0.25, 0.3) is 0 Å². The van der Waals surface area contributed by atoms with Crippen LogP contribution in [0.2, 0.25) is 0 Å². The molecule has 0 radical (unpaired) electrons. The van der Waals surface area contributed by atoms with Crippen LogP contribution in [0.15, 0.2) is 18.2 Å². The molecule has 1 saturated carbocycles. The van der Waals surface area contributed by atoms with E-state index in [1.807, 2.05) is 0 Å². The fourth-order valence-corrected chi connectivity index (χ4v) is 3.28. The molecular formula is C17H27N. The third-order valence-electron chi connectivity index (χ3n) is 4.51. The molecule has 1 heteroatoms. The molecule has 0 spiro atoms. The third kappa shape index (κ3) is 3.07. The summed E-state index contributed by atoms with van der Waals surface area (Å²) in [5, 5.41) is 3.74. The van der Waals surface area contributed by atoms with E-state index < -0.39 is 0 Å². The van der Waals surface area contributed by atoms with Crippen molar-refractivity contribution in [2.24, 2.45) is 11.8 Å². The smallest absolute Gasteiger partial charge is 0.0345 e. The number of hydrogen-bond donors (Lipinski definition) is 1. The molecule has 100 valence electrons. The summed E-state index contributed by atoms with van der Waals surface area (Å²) in [5.74, 6) is 1.70. The van der Waals surface area contributed by atoms with Crippen LogP contribution in [0, 0.1) is 18.8 Å². The molecule has 0 aromatic heterocycles. The van der Waals surface area contributed by atoms with Gasteiger partial charge in [0.1, 0.15) is 0 Å². The summed E-state index contributed by atoms with van der Waals surface area (Å²) < 4.78 is 0. The monoisotopic (exact) mass is 245 g/mol. The van der Waals surface area contributed by atoms with Crippen molar-refractivity contribution in [2.45, 2.75) is 59.4 Å². The zero-order valence-corrected chi connectivity index (χ0v) is 12.3. The number of hydrogen-bond acceptors (Lipinski definition) is 1. The van der Waals surface area contributed by atoms with Gasteiger partial charge in [-0.15, -0.1) is 0 Å². The highest BCUT2D eigenvalue weighted by molar-refractivity contribution is 5.49. The second kappa shape index (κ2) is 5.77. The van der Waals surface area contributed by atoms with Gasteiger partial charge in [-0.05, 0) is 67.7 Å². The average Bonchev–Trinajstić information content (AvgIpc) is 2.33. The molecule has 1 fully saturated rings. The van der Waals surface area contributed by atoms with Crippen LogP contribution < -0.4 is 5.32 Å². The molecule has 1 aromatic carbocycles. The zero-order chi connectivity index (χ0) is 13.1. The molecule has 1 aliphatic rings. The lowest BCUT2D eigenvalue weighted by Gasteiger charge is -2.34. The molecule has 0 aliphatic heterocycles. The number of benzene rings is 1. The van der Waals surface area contributed by atoms with Crippen molar-refractivity contribution in [1.82, 2.24) is 0 Å². The first kappa shape index (κ1) is 13.5. The van der Waals surface area contributed by atoms with Crippen LogP contribution in [-0.2, 0) is 6.42 Å². The highest BCUT2D eigenvalue weighted by atomic mass is 14.9. The summed E-state index contributed by atoms with van der Waals surface area (Å²) in [4.78, 5) is 0. The Balaban J connectivity index is 2.03. The molecule has 3 atom stereocenters. The van der Waals surface area contributed by atoms with Crippen molar-refractivity contribution in [3.05, 3.63) is 29.3 Å². The van der Waals surface area contributed by atoms with Gasteiger partial charge in [0, 0.05) is 11.7 Å². The first-order valence-corrected chi connectivity index (χ1v) is 7.46. The topological polar surface area (TPSA) is 12.0 Å². The van der Waals surface area contributed by atoms with E-state index in [0.717, 1.165) is 18.3 Å². The summed E-state index contributed by atoms with van der Waals surface area (Å²) in [5.41, 5.74) is 4.18. The minimum atomic E-state index is 0.660. The minimum Gasteiger partial charge on any atom is -0.382 e. The molecule has 3 unspecified atom stereocenters. The van der Waals surface area contributed by atoms with Crippen molar-refractivity contribution in [2.75, 3.05) is 5.32 Å². The maximum atomic E-state index is 3.74. The van der Waals surface area contributed by atoms with Crippen LogP contribution in [0.4, 0.5) is 5.69 Å². The van der Waals surface area contributed by atoms with Gasteiger partial charge >= 0.3 is 0 Å². The largest absolute Gasteiger partial charge is 0.382 e. The lowest BCUT2D eigenvalue weighted by atomic mass is 9.80. The van der Waals surface area contributed by atoms with E-state index >= 15 is 0 Å². The van der Waals surface area contributed by atoms with E-state index in [1.54, 1.807) is 0 Å². The SMILES string of the molecule is CCc1ccc(NC2CCC(C)CC2C)cc1C. The highest BCUT2D eigenvalue weighted by Crippen LogP contribution is 2.31. The predicted molar refractivity (Wildman–Crippen MR) is 80.1 cm³/mol. The Labute approximate surface area is 112 Å². The van der Waals surface area contributed by atoms with Crippen molar-refractivity contribution in [3.63, 3.8) is 0 Å². The first-order valence-electron chi connectivity index (χ1n) is 7.46. The van der Waals surface area contributed by atoms with E-state index in [-0.39, 0.29) is 0 Å². The van der Waals surface area contributed by atoms with Crippen LogP contribution >= 0.6 is 0 Å². The fraction of sp³-hybridized carbons (Fsp3) is 0.647. The Bertz CT molecular complexity index is 397. The molecule has 2 rings (SSSR count). The standard InChI is InChI=1S/C17H27N/c1-5-15-7-8-16(11-13(15)3)18-17-9-6-12(2)10-14(17)4/h7-8,11-12,14,17-18H,5-6,9-10H2,1-4H3. The quantitative estimate of drug-likeness (QED) is 0.807. The summed E-state index contributed by atoms with van der Waals surface area (Å²) in [6.45, 7) is 9.21. The molecule has 1 aromatic rings. The number of aryl methyl sites for hydroxylation is 2. The molecule has 0 saturated heterocycles. The van der Waals surface area contributed by atoms with E-state index in [9.17, 15) is 0 Å². The molecule has 1 aliphatic carbocycles. The summed E-state index contributed by atoms with van der Waals surface area (Å²) in [6, 6.07) is 7.49. The molecule has 18 heavy (non-hydrogen) atoms. The van der Waals surface area contributed by atoms with Gasteiger partial charge in [0.15, 0.2) is 0 Å². The summed E-state index contributed by atoms with van der Waals surface area (Å²) >= 11 is 0. The minimum absolute atomic E-state index is 0.660. The van der Waals surface area contributed by atoms with Gasteiger partial charge in [0.05, 0.1) is 0 Å². The molecule has 1 nitrogen and oxygen atoms in total. The van der Waals surface area contributed by atoms with E-state index in [4.69, 9.17) is 0 Å². The van der Waals surface area contributed by atoms with Crippen LogP contribution in [0.5, 0.6) is 0 Å². The molecule has 0 heterocycles. The lowest BCUT2D eigenvalue weighted by molar-refractivity contribution is 0.276. The van der Waals surface area contributed by atoms with Gasteiger partial charge in [-0.2, -0.15) is 0 Å². The summed E-state index contributed by atoms with van der Waals surface area (Å²) in [7, 11) is 0. The molecule has 1 N–H and O–H groups in total. The highest BCUT2D eigenvalue weighted by Gasteiger charge is 2.24. The van der Waals surface area contributed by atoms with Crippen LogP contribution in [-0.4, -0.2) is 6.04 Å². The molecule has 0 bridgehead atoms. The van der Waals surface area contributed by atoms with Gasteiger partial charge in [0.25, 0.3) is 0 Å². The van der Waals surface area contributed by atoms with Crippen molar-refractivity contribution in [3.8, 4) is 0 Å². The second-order valence-electron chi connectivity index (χ2n) is 6.14. The van der Waals surface area contributed by atoms with Crippen LogP contribution in [0.1, 0.15) is 51.2 Å². The van der Waals surface area contributed by atoms with Crippen molar-refractivity contribution >= 4 is 5.69 Å². The number of nitrogens with one attached hydrogen (secondary N) is 1. The van der Waals surface area contributed by atoms with E-state index in [0.29, 0.717) is 6.04 Å². The van der Waals surface area contributed by atoms with Gasteiger partial charge in [-0.25, -0.2) is 0 Å². The Morgan fingerprint density at radius 3 is 2.61 bits per heavy atom. The maximum absolute atomic E-state index is 3.74. The lowest BCUT2D eigenvalue weighted by Crippen LogP contribution is -2.33. The van der Waals surface area contributed by atoms with Gasteiger partial charge in [-0.1, -0.05) is 26.8 Å². The molecule has 0 amide bonds. The van der Waals surface area contributed by atoms with Crippen molar-refractivity contribution in [1.29, 1.82) is 0 Å². The Morgan fingerprint density at radius 1 is 1.22 bits per heavy atom. The second-order valence-corrected chi connectivity index (χ2v) is 6.14. The maximum Gasteiger partial charge on any atom is 0.0345 e. The Hall–Kier alpha value is -0.980. The van der Waals surface area contributed by atoms with Crippen molar-refractivity contribution < 1.29 is 0 Å². The normalized spacial score (nSPS) is 28.1. The molecular weight excluding hydrogens is 218 g/mol. The van der Waals surface area contributed by atoms with Gasteiger partial charge < -0.3 is 5.32 Å². The van der Waals surface area contributed by atoms with Crippen LogP contribution in [0.3, 0.4) is 0 Å². The van der Waals surface area contributed by atoms with E-state index in [2.05, 4.69) is 51.2 Å². The van der Waals surface area contributed by atoms with Gasteiger partial charge in [0.2, 0.25) is 0 Å². The van der Waals surface area contributed by atoms with Gasteiger partial charge in [-0.3, -0.25) is 0 Å². The Morgan fingerprint density at radius 2 is 2.00 bits per heavy atom. The average molecular weight is 245 g/mol. The fourth-order valence-electron chi connectivity index (χ4n) is 3.28. The third-order valence-corrected chi connectivity index (χ3v) is 4.51. The summed E-state index contributed by atoms with van der Waals surface area (Å²) in [6.07, 6.45) is 5.18.